The lowest BCUT2D eigenvalue weighted by molar-refractivity contribution is 0.0953. The number of benzene rings is 3. The number of anilines is 1. The Labute approximate surface area is 192 Å². The van der Waals surface area contributed by atoms with E-state index in [0.717, 1.165) is 11.6 Å². The van der Waals surface area contributed by atoms with E-state index in [1.807, 2.05) is 12.1 Å². The third kappa shape index (κ3) is 6.34. The van der Waals surface area contributed by atoms with Gasteiger partial charge in [-0.3, -0.25) is 9.52 Å². The summed E-state index contributed by atoms with van der Waals surface area (Å²) in [6, 6.07) is 17.0. The number of hydrogen-bond acceptors (Lipinski definition) is 4. The van der Waals surface area contributed by atoms with Crippen LogP contribution >= 0.6 is 0 Å². The van der Waals surface area contributed by atoms with Crippen LogP contribution in [0.2, 0.25) is 0 Å². The Morgan fingerprint density at radius 1 is 1.09 bits per heavy atom. The van der Waals surface area contributed by atoms with Gasteiger partial charge in [-0.15, -0.1) is 6.42 Å². The maximum absolute atomic E-state index is 13.9. The summed E-state index contributed by atoms with van der Waals surface area (Å²) in [7, 11) is -4.08. The Morgan fingerprint density at radius 2 is 1.82 bits per heavy atom. The van der Waals surface area contributed by atoms with Crippen LogP contribution in [0.4, 0.5) is 10.1 Å². The molecular weight excluding hydrogens is 443 g/mol. The molecule has 0 aliphatic rings. The highest BCUT2D eigenvalue weighted by molar-refractivity contribution is 7.92. The van der Waals surface area contributed by atoms with Gasteiger partial charge >= 0.3 is 0 Å². The molecule has 0 atom stereocenters. The van der Waals surface area contributed by atoms with Crippen LogP contribution in [0, 0.1) is 25.1 Å². The SMILES string of the molecule is C#CCOc1ccc(CCNC(=O)c2cc(S(=O)(=O)Nc3ccccc3F)ccc2C)cc1. The first-order valence-electron chi connectivity index (χ1n) is 10.1. The van der Waals surface area contributed by atoms with Crippen molar-refractivity contribution >= 4 is 21.6 Å². The fourth-order valence-electron chi connectivity index (χ4n) is 3.05. The van der Waals surface area contributed by atoms with Gasteiger partial charge in [0.1, 0.15) is 18.2 Å². The largest absolute Gasteiger partial charge is 0.481 e. The number of para-hydroxylation sites is 1. The summed E-state index contributed by atoms with van der Waals surface area (Å²) in [5.41, 5.74) is 1.67. The molecule has 6 nitrogen and oxygen atoms in total. The van der Waals surface area contributed by atoms with Gasteiger partial charge in [-0.1, -0.05) is 36.3 Å². The van der Waals surface area contributed by atoms with Gasteiger partial charge in [-0.2, -0.15) is 0 Å². The second-order valence-electron chi connectivity index (χ2n) is 7.20. The van der Waals surface area contributed by atoms with Crippen molar-refractivity contribution in [2.45, 2.75) is 18.2 Å². The second kappa shape index (κ2) is 10.7. The number of carbonyl (C=O) groups excluding carboxylic acids is 1. The monoisotopic (exact) mass is 466 g/mol. The van der Waals surface area contributed by atoms with Gasteiger partial charge < -0.3 is 10.1 Å². The van der Waals surface area contributed by atoms with E-state index in [-0.39, 0.29) is 22.8 Å². The molecule has 0 aliphatic heterocycles. The van der Waals surface area contributed by atoms with E-state index in [1.54, 1.807) is 25.1 Å². The van der Waals surface area contributed by atoms with E-state index >= 15 is 0 Å². The predicted molar refractivity (Wildman–Crippen MR) is 125 cm³/mol. The zero-order valence-electron chi connectivity index (χ0n) is 18.0. The van der Waals surface area contributed by atoms with Crippen molar-refractivity contribution < 1.29 is 22.3 Å². The van der Waals surface area contributed by atoms with Gasteiger partial charge in [0.25, 0.3) is 15.9 Å². The van der Waals surface area contributed by atoms with Crippen molar-refractivity contribution in [3.05, 3.63) is 89.2 Å². The van der Waals surface area contributed by atoms with Gasteiger partial charge in [0.15, 0.2) is 0 Å². The van der Waals surface area contributed by atoms with Gasteiger partial charge in [0.05, 0.1) is 10.6 Å². The quantitative estimate of drug-likeness (QED) is 0.468. The molecule has 0 aliphatic carbocycles. The van der Waals surface area contributed by atoms with Gasteiger partial charge in [-0.05, 0) is 60.9 Å². The van der Waals surface area contributed by atoms with Crippen molar-refractivity contribution in [1.82, 2.24) is 5.32 Å². The highest BCUT2D eigenvalue weighted by Crippen LogP contribution is 2.21. The summed E-state index contributed by atoms with van der Waals surface area (Å²) in [4.78, 5) is 12.6. The Bertz CT molecular complexity index is 1280. The molecule has 0 aromatic heterocycles. The first kappa shape index (κ1) is 23.8. The predicted octanol–water partition coefficient (Wildman–Crippen LogP) is 3.92. The number of terminal acetylenes is 1. The molecule has 0 spiro atoms. The summed E-state index contributed by atoms with van der Waals surface area (Å²) < 4.78 is 46.8. The second-order valence-corrected chi connectivity index (χ2v) is 8.89. The molecular formula is C25H23FN2O4S. The molecule has 1 amide bonds. The number of rotatable bonds is 9. The zero-order valence-corrected chi connectivity index (χ0v) is 18.8. The van der Waals surface area contributed by atoms with Crippen molar-refractivity contribution in [1.29, 1.82) is 0 Å². The van der Waals surface area contributed by atoms with E-state index < -0.39 is 21.7 Å². The van der Waals surface area contributed by atoms with E-state index in [1.165, 1.54) is 30.3 Å². The Hall–Kier alpha value is -3.83. The highest BCUT2D eigenvalue weighted by atomic mass is 32.2. The number of ether oxygens (including phenoxy) is 1. The number of sulfonamides is 1. The van der Waals surface area contributed by atoms with E-state index in [0.29, 0.717) is 24.3 Å². The van der Waals surface area contributed by atoms with Gasteiger partial charge in [-0.25, -0.2) is 12.8 Å². The van der Waals surface area contributed by atoms with Crippen LogP contribution in [-0.4, -0.2) is 27.5 Å². The summed E-state index contributed by atoms with van der Waals surface area (Å²) in [5, 5.41) is 2.80. The van der Waals surface area contributed by atoms with Crippen LogP contribution in [0.15, 0.2) is 71.6 Å². The zero-order chi connectivity index (χ0) is 23.8. The molecule has 3 rings (SSSR count). The molecule has 0 unspecified atom stereocenters. The van der Waals surface area contributed by atoms with Crippen LogP contribution < -0.4 is 14.8 Å². The number of carbonyl (C=O) groups is 1. The number of hydrogen-bond donors (Lipinski definition) is 2. The van der Waals surface area contributed by atoms with Gasteiger partial charge in [0, 0.05) is 12.1 Å². The first-order chi connectivity index (χ1) is 15.8. The molecule has 33 heavy (non-hydrogen) atoms. The third-order valence-corrected chi connectivity index (χ3v) is 6.19. The van der Waals surface area contributed by atoms with Crippen LogP contribution in [-0.2, 0) is 16.4 Å². The number of amides is 1. The molecule has 2 N–H and O–H groups in total. The van der Waals surface area contributed by atoms with Crippen LogP contribution in [0.25, 0.3) is 0 Å². The standard InChI is InChI=1S/C25H23FN2O4S/c1-3-16-32-20-11-9-19(10-12-20)14-15-27-25(29)22-17-21(13-8-18(22)2)33(30,31)28-24-7-5-4-6-23(24)26/h1,4-13,17,28H,14-16H2,2H3,(H,27,29). The van der Waals surface area contributed by atoms with Crippen LogP contribution in [0.3, 0.4) is 0 Å². The highest BCUT2D eigenvalue weighted by Gasteiger charge is 2.19. The molecule has 0 radical (unpaired) electrons. The van der Waals surface area contributed by atoms with Gasteiger partial charge in [0.2, 0.25) is 0 Å². The average molecular weight is 467 g/mol. The molecule has 0 heterocycles. The minimum Gasteiger partial charge on any atom is -0.481 e. The Kier molecular flexibility index (Phi) is 7.70. The maximum atomic E-state index is 13.9. The lowest BCUT2D eigenvalue weighted by Crippen LogP contribution is -2.27. The van der Waals surface area contributed by atoms with Crippen molar-refractivity contribution in [3.63, 3.8) is 0 Å². The summed E-state index contributed by atoms with van der Waals surface area (Å²) in [6.45, 7) is 2.26. The Balaban J connectivity index is 1.65. The third-order valence-electron chi connectivity index (χ3n) is 4.83. The molecule has 0 saturated heterocycles. The first-order valence-corrected chi connectivity index (χ1v) is 11.6. The lowest BCUT2D eigenvalue weighted by atomic mass is 10.1. The molecule has 0 bridgehead atoms. The lowest BCUT2D eigenvalue weighted by Gasteiger charge is -2.12. The number of nitrogens with one attached hydrogen (secondary N) is 2. The summed E-state index contributed by atoms with van der Waals surface area (Å²) >= 11 is 0. The van der Waals surface area contributed by atoms with Crippen molar-refractivity contribution in [3.8, 4) is 18.1 Å². The average Bonchev–Trinajstić information content (AvgIpc) is 2.80. The fourth-order valence-corrected chi connectivity index (χ4v) is 4.15. The normalized spacial score (nSPS) is 10.8. The number of halogens is 1. The molecule has 8 heteroatoms. The van der Waals surface area contributed by atoms with E-state index in [2.05, 4.69) is 16.0 Å². The van der Waals surface area contributed by atoms with Crippen LogP contribution in [0.5, 0.6) is 5.75 Å². The maximum Gasteiger partial charge on any atom is 0.262 e. The van der Waals surface area contributed by atoms with Crippen molar-refractivity contribution in [2.75, 3.05) is 17.9 Å². The summed E-state index contributed by atoms with van der Waals surface area (Å²) in [5.74, 6) is 1.97. The van der Waals surface area contributed by atoms with Crippen LogP contribution in [0.1, 0.15) is 21.5 Å². The minimum absolute atomic E-state index is 0.135. The van der Waals surface area contributed by atoms with E-state index in [9.17, 15) is 17.6 Å². The fraction of sp³-hybridized carbons (Fsp3) is 0.160. The summed E-state index contributed by atoms with van der Waals surface area (Å²) in [6.07, 6.45) is 5.74. The molecule has 170 valence electrons. The molecule has 3 aromatic carbocycles. The molecule has 0 saturated carbocycles. The number of aryl methyl sites for hydroxylation is 1. The smallest absolute Gasteiger partial charge is 0.262 e. The van der Waals surface area contributed by atoms with Crippen molar-refractivity contribution in [2.24, 2.45) is 0 Å². The topological polar surface area (TPSA) is 84.5 Å². The minimum atomic E-state index is -4.08. The Morgan fingerprint density at radius 3 is 2.52 bits per heavy atom. The molecule has 3 aromatic rings. The van der Waals surface area contributed by atoms with E-state index in [4.69, 9.17) is 11.2 Å². The molecule has 0 fully saturated rings.